The summed E-state index contributed by atoms with van der Waals surface area (Å²) in [5, 5.41) is 12.1. The number of hydrogen-bond acceptors (Lipinski definition) is 3. The minimum atomic E-state index is -1.10. The van der Waals surface area contributed by atoms with Crippen LogP contribution in [0.5, 0.6) is 5.75 Å². The summed E-state index contributed by atoms with van der Waals surface area (Å²) in [5.74, 6) is -0.200. The summed E-state index contributed by atoms with van der Waals surface area (Å²) in [7, 11) is 1.63. The first kappa shape index (κ1) is 15.1. The van der Waals surface area contributed by atoms with E-state index in [-0.39, 0.29) is 0 Å². The van der Waals surface area contributed by atoms with Crippen LogP contribution >= 0.6 is 0 Å². The first-order valence-corrected chi connectivity index (χ1v) is 6.76. The quantitative estimate of drug-likeness (QED) is 0.857. The van der Waals surface area contributed by atoms with Gasteiger partial charge in [-0.1, -0.05) is 42.5 Å². The lowest BCUT2D eigenvalue weighted by molar-refractivity contribution is -0.144. The van der Waals surface area contributed by atoms with Gasteiger partial charge in [0, 0.05) is 0 Å². The average molecular weight is 285 g/mol. The smallest absolute Gasteiger partial charge is 0.328 e. The number of nitrogens with one attached hydrogen (secondary N) is 1. The van der Waals surface area contributed by atoms with Crippen LogP contribution < -0.4 is 10.1 Å². The Kier molecular flexibility index (Phi) is 4.60. The molecule has 1 atom stereocenters. The molecule has 2 aromatic carbocycles. The van der Waals surface area contributed by atoms with Gasteiger partial charge in [0.1, 0.15) is 17.9 Å². The predicted octanol–water partition coefficient (Wildman–Crippen LogP) is 2.78. The average Bonchev–Trinajstić information content (AvgIpc) is 2.53. The molecule has 0 bridgehead atoms. The fourth-order valence-electron chi connectivity index (χ4n) is 2.00. The van der Waals surface area contributed by atoms with Crippen molar-refractivity contribution in [2.24, 2.45) is 0 Å². The molecule has 0 aliphatic rings. The summed E-state index contributed by atoms with van der Waals surface area (Å²) in [5.41, 5.74) is 0.676. The minimum absolute atomic E-state index is 0.489. The van der Waals surface area contributed by atoms with Crippen molar-refractivity contribution in [1.29, 1.82) is 0 Å². The summed E-state index contributed by atoms with van der Waals surface area (Å²) < 4.78 is 5.69. The van der Waals surface area contributed by atoms with Gasteiger partial charge in [-0.05, 0) is 37.2 Å². The number of likely N-dealkylation sites (N-methyl/N-ethyl adjacent to an activating group) is 1. The highest BCUT2D eigenvalue weighted by molar-refractivity contribution is 5.80. The Morgan fingerprint density at radius 3 is 2.29 bits per heavy atom. The van der Waals surface area contributed by atoms with Gasteiger partial charge in [-0.25, -0.2) is 4.79 Å². The molecule has 0 fully saturated rings. The summed E-state index contributed by atoms with van der Waals surface area (Å²) in [6, 6.07) is 17.0. The van der Waals surface area contributed by atoms with Gasteiger partial charge in [-0.15, -0.1) is 0 Å². The van der Waals surface area contributed by atoms with Crippen LogP contribution in [0.1, 0.15) is 18.1 Å². The number of benzene rings is 2. The lowest BCUT2D eigenvalue weighted by atomic mass is 9.92. The highest BCUT2D eigenvalue weighted by atomic mass is 16.5. The first-order chi connectivity index (χ1) is 10.1. The van der Waals surface area contributed by atoms with Gasteiger partial charge >= 0.3 is 5.97 Å². The molecule has 0 heterocycles. The fourth-order valence-corrected chi connectivity index (χ4v) is 2.00. The summed E-state index contributed by atoms with van der Waals surface area (Å²) in [6.45, 7) is 2.12. The van der Waals surface area contributed by atoms with E-state index in [1.807, 2.05) is 30.3 Å². The van der Waals surface area contributed by atoms with E-state index in [0.717, 1.165) is 5.56 Å². The topological polar surface area (TPSA) is 58.6 Å². The number of ether oxygens (including phenoxy) is 1. The normalized spacial score (nSPS) is 13.4. The Labute approximate surface area is 124 Å². The summed E-state index contributed by atoms with van der Waals surface area (Å²) >= 11 is 0. The van der Waals surface area contributed by atoms with Gasteiger partial charge in [-0.3, -0.25) is 0 Å². The van der Waals surface area contributed by atoms with E-state index in [4.69, 9.17) is 4.74 Å². The van der Waals surface area contributed by atoms with Crippen molar-refractivity contribution in [3.05, 3.63) is 65.7 Å². The molecule has 1 unspecified atom stereocenters. The van der Waals surface area contributed by atoms with Crippen molar-refractivity contribution < 1.29 is 14.6 Å². The number of carbonyl (C=O) groups is 1. The van der Waals surface area contributed by atoms with Gasteiger partial charge < -0.3 is 15.2 Å². The zero-order valence-electron chi connectivity index (χ0n) is 12.2. The highest BCUT2D eigenvalue weighted by Gasteiger charge is 2.33. The molecule has 2 rings (SSSR count). The molecule has 4 nitrogen and oxygen atoms in total. The van der Waals surface area contributed by atoms with Gasteiger partial charge in [0.2, 0.25) is 0 Å². The van der Waals surface area contributed by atoms with E-state index >= 15 is 0 Å². The first-order valence-electron chi connectivity index (χ1n) is 6.76. The summed E-state index contributed by atoms with van der Waals surface area (Å²) in [4.78, 5) is 11.4. The highest BCUT2D eigenvalue weighted by Crippen LogP contribution is 2.23. The van der Waals surface area contributed by atoms with Crippen LogP contribution in [0.15, 0.2) is 54.6 Å². The van der Waals surface area contributed by atoms with Crippen LogP contribution in [0, 0.1) is 0 Å². The van der Waals surface area contributed by atoms with Gasteiger partial charge in [-0.2, -0.15) is 0 Å². The SMILES string of the molecule is CNC(C)(C(=O)O)c1ccc(OCc2ccccc2)cc1. The molecule has 0 aliphatic heterocycles. The third-order valence-electron chi connectivity index (χ3n) is 3.61. The number of hydrogen-bond donors (Lipinski definition) is 2. The van der Waals surface area contributed by atoms with Crippen LogP contribution in [0.4, 0.5) is 0 Å². The monoisotopic (exact) mass is 285 g/mol. The second-order valence-electron chi connectivity index (χ2n) is 4.98. The number of carboxylic acids is 1. The largest absolute Gasteiger partial charge is 0.489 e. The van der Waals surface area contributed by atoms with Crippen molar-refractivity contribution in [2.45, 2.75) is 19.1 Å². The molecule has 2 N–H and O–H groups in total. The Bertz CT molecular complexity index is 595. The molecule has 0 saturated heterocycles. The molecule has 0 amide bonds. The van der Waals surface area contributed by atoms with E-state index in [0.29, 0.717) is 17.9 Å². The standard InChI is InChI=1S/C17H19NO3/c1-17(18-2,16(19)20)14-8-10-15(11-9-14)21-12-13-6-4-3-5-7-13/h3-11,18H,12H2,1-2H3,(H,19,20). The number of rotatable bonds is 6. The molecular formula is C17H19NO3. The van der Waals surface area contributed by atoms with Crippen LogP contribution in [0.25, 0.3) is 0 Å². The predicted molar refractivity (Wildman–Crippen MR) is 81.3 cm³/mol. The Morgan fingerprint density at radius 2 is 1.76 bits per heavy atom. The van der Waals surface area contributed by atoms with Gasteiger partial charge in [0.25, 0.3) is 0 Å². The molecular weight excluding hydrogens is 266 g/mol. The second-order valence-corrected chi connectivity index (χ2v) is 4.98. The number of aliphatic carboxylic acids is 1. The second kappa shape index (κ2) is 6.41. The summed E-state index contributed by atoms with van der Waals surface area (Å²) in [6.07, 6.45) is 0. The van der Waals surface area contributed by atoms with Crippen LogP contribution in [-0.2, 0) is 16.9 Å². The lowest BCUT2D eigenvalue weighted by Gasteiger charge is -2.24. The molecule has 21 heavy (non-hydrogen) atoms. The molecule has 110 valence electrons. The molecule has 0 aliphatic carbocycles. The molecule has 4 heteroatoms. The molecule has 0 spiro atoms. The molecule has 2 aromatic rings. The van der Waals surface area contributed by atoms with E-state index in [9.17, 15) is 9.90 Å². The molecule has 0 saturated carbocycles. The number of carboxylic acid groups (broad SMARTS) is 1. The third kappa shape index (κ3) is 3.41. The minimum Gasteiger partial charge on any atom is -0.489 e. The Morgan fingerprint density at radius 1 is 1.14 bits per heavy atom. The van der Waals surface area contributed by atoms with E-state index in [2.05, 4.69) is 5.32 Å². The maximum absolute atomic E-state index is 11.4. The van der Waals surface area contributed by atoms with Crippen molar-refractivity contribution in [1.82, 2.24) is 5.32 Å². The van der Waals surface area contributed by atoms with E-state index in [1.54, 1.807) is 38.2 Å². The van der Waals surface area contributed by atoms with Crippen LogP contribution in [0.3, 0.4) is 0 Å². The van der Waals surface area contributed by atoms with Crippen molar-refractivity contribution >= 4 is 5.97 Å². The van der Waals surface area contributed by atoms with Gasteiger partial charge in [0.15, 0.2) is 0 Å². The van der Waals surface area contributed by atoms with Gasteiger partial charge in [0.05, 0.1) is 0 Å². The zero-order valence-corrected chi connectivity index (χ0v) is 12.2. The van der Waals surface area contributed by atoms with E-state index in [1.165, 1.54) is 0 Å². The Hall–Kier alpha value is -2.33. The van der Waals surface area contributed by atoms with Crippen LogP contribution in [0.2, 0.25) is 0 Å². The molecule has 0 radical (unpaired) electrons. The van der Waals surface area contributed by atoms with Crippen LogP contribution in [-0.4, -0.2) is 18.1 Å². The third-order valence-corrected chi connectivity index (χ3v) is 3.61. The maximum atomic E-state index is 11.4. The van der Waals surface area contributed by atoms with Crippen molar-refractivity contribution in [3.8, 4) is 5.75 Å². The zero-order chi connectivity index (χ0) is 15.3. The fraction of sp³-hybridized carbons (Fsp3) is 0.235. The lowest BCUT2D eigenvalue weighted by Crippen LogP contribution is -2.44. The molecule has 0 aromatic heterocycles. The Balaban J connectivity index is 2.07. The van der Waals surface area contributed by atoms with Crippen molar-refractivity contribution in [2.75, 3.05) is 7.05 Å². The maximum Gasteiger partial charge on any atom is 0.328 e. The van der Waals surface area contributed by atoms with Crippen molar-refractivity contribution in [3.63, 3.8) is 0 Å². The van der Waals surface area contributed by atoms with E-state index < -0.39 is 11.5 Å².